The molecule has 7 nitrogen and oxygen atoms in total. The Kier molecular flexibility index (Phi) is 7.22. The van der Waals surface area contributed by atoms with Crippen molar-refractivity contribution in [2.24, 2.45) is 17.3 Å². The van der Waals surface area contributed by atoms with Crippen molar-refractivity contribution in [2.75, 3.05) is 36.4 Å². The average molecular weight is 577 g/mol. The first-order valence-electron chi connectivity index (χ1n) is 12.9. The summed E-state index contributed by atoms with van der Waals surface area (Å²) in [6.07, 6.45) is 5.82. The third-order valence-corrected chi connectivity index (χ3v) is 9.37. The smallest absolute Gasteiger partial charge is 0.309 e. The number of aryl methyl sites for hydroxylation is 1. The van der Waals surface area contributed by atoms with Crippen LogP contribution in [0.1, 0.15) is 56.7 Å². The van der Waals surface area contributed by atoms with E-state index in [4.69, 9.17) is 16.6 Å². The first-order chi connectivity index (χ1) is 17.1. The highest BCUT2D eigenvalue weighted by molar-refractivity contribution is 9.10. The van der Waals surface area contributed by atoms with Gasteiger partial charge in [0, 0.05) is 36.9 Å². The molecule has 1 saturated carbocycles. The van der Waals surface area contributed by atoms with Crippen LogP contribution in [0, 0.1) is 24.2 Å². The van der Waals surface area contributed by atoms with Crippen molar-refractivity contribution in [3.05, 3.63) is 45.0 Å². The number of aliphatic carboxylic acids is 1. The molecule has 36 heavy (non-hydrogen) atoms. The number of halogens is 2. The van der Waals surface area contributed by atoms with Crippen LogP contribution in [0.25, 0.3) is 0 Å². The Morgan fingerprint density at radius 1 is 1.28 bits per heavy atom. The lowest BCUT2D eigenvalue weighted by Gasteiger charge is -2.52. The summed E-state index contributed by atoms with van der Waals surface area (Å²) in [7, 11) is 0. The standard InChI is InChI=1S/C27H35BrClN5O2/c1-16-6-7-21(23(29)9-16)17(2)31-24-22(28)12-30-26(32-24)34-14-19(15-34)18-5-4-8-33(13-18)20-10-27(3,11-20)25(35)36/h6-7,9,12,17-20H,4-5,8,10-11,13-15H2,1-3H3,(H,35,36)(H,30,31,32)/t17-,18+,20-,27-/m1/s1. The summed E-state index contributed by atoms with van der Waals surface area (Å²) in [4.78, 5) is 25.7. The summed E-state index contributed by atoms with van der Waals surface area (Å²) in [5.74, 6) is 2.16. The first-order valence-corrected chi connectivity index (χ1v) is 14.1. The lowest BCUT2D eigenvalue weighted by molar-refractivity contribution is -0.158. The minimum absolute atomic E-state index is 0.00370. The van der Waals surface area contributed by atoms with Crippen molar-refractivity contribution < 1.29 is 9.90 Å². The number of benzene rings is 1. The molecule has 0 radical (unpaired) electrons. The Morgan fingerprint density at radius 3 is 2.72 bits per heavy atom. The van der Waals surface area contributed by atoms with E-state index in [0.717, 1.165) is 71.4 Å². The second-order valence-corrected chi connectivity index (χ2v) is 12.5. The van der Waals surface area contributed by atoms with Gasteiger partial charge in [-0.15, -0.1) is 0 Å². The Hall–Kier alpha value is -1.90. The van der Waals surface area contributed by atoms with Gasteiger partial charge in [-0.2, -0.15) is 4.98 Å². The molecule has 3 aliphatic rings. The van der Waals surface area contributed by atoms with E-state index in [1.54, 1.807) is 0 Å². The lowest BCUT2D eigenvalue weighted by Crippen LogP contribution is -2.58. The minimum Gasteiger partial charge on any atom is -0.481 e. The number of likely N-dealkylation sites (tertiary alicyclic amines) is 1. The zero-order chi connectivity index (χ0) is 25.6. The second kappa shape index (κ2) is 10.1. The van der Waals surface area contributed by atoms with Gasteiger partial charge >= 0.3 is 5.97 Å². The molecule has 3 heterocycles. The number of aromatic nitrogens is 2. The molecule has 2 N–H and O–H groups in total. The predicted molar refractivity (Wildman–Crippen MR) is 147 cm³/mol. The van der Waals surface area contributed by atoms with Gasteiger partial charge in [-0.1, -0.05) is 23.7 Å². The predicted octanol–water partition coefficient (Wildman–Crippen LogP) is 5.78. The fourth-order valence-corrected chi connectivity index (χ4v) is 6.73. The molecular formula is C27H35BrClN5O2. The van der Waals surface area contributed by atoms with Crippen LogP contribution in [0.3, 0.4) is 0 Å². The van der Waals surface area contributed by atoms with E-state index < -0.39 is 11.4 Å². The number of carbonyl (C=O) groups is 1. The molecule has 1 aliphatic carbocycles. The maximum atomic E-state index is 11.5. The largest absolute Gasteiger partial charge is 0.481 e. The second-order valence-electron chi connectivity index (χ2n) is 11.2. The summed E-state index contributed by atoms with van der Waals surface area (Å²) < 4.78 is 0.829. The van der Waals surface area contributed by atoms with Gasteiger partial charge in [0.05, 0.1) is 15.9 Å². The zero-order valence-corrected chi connectivity index (χ0v) is 23.5. The topological polar surface area (TPSA) is 81.6 Å². The Bertz CT molecular complexity index is 1140. The number of hydrogen-bond acceptors (Lipinski definition) is 6. The first kappa shape index (κ1) is 25.7. The van der Waals surface area contributed by atoms with Crippen molar-refractivity contribution in [1.82, 2.24) is 14.9 Å². The van der Waals surface area contributed by atoms with E-state index in [-0.39, 0.29) is 6.04 Å². The van der Waals surface area contributed by atoms with E-state index in [1.807, 2.05) is 26.1 Å². The van der Waals surface area contributed by atoms with Crippen molar-refractivity contribution in [3.63, 3.8) is 0 Å². The van der Waals surface area contributed by atoms with E-state index in [0.29, 0.717) is 17.9 Å². The summed E-state index contributed by atoms with van der Waals surface area (Å²) in [5.41, 5.74) is 1.65. The summed E-state index contributed by atoms with van der Waals surface area (Å²) in [6, 6.07) is 6.55. The van der Waals surface area contributed by atoms with Crippen molar-refractivity contribution in [1.29, 1.82) is 0 Å². The van der Waals surface area contributed by atoms with Gasteiger partial charge in [-0.05, 0) is 98.0 Å². The molecule has 0 unspecified atom stereocenters. The highest BCUT2D eigenvalue weighted by Crippen LogP contribution is 2.45. The van der Waals surface area contributed by atoms with Crippen LogP contribution in [0.15, 0.2) is 28.9 Å². The number of nitrogens with one attached hydrogen (secondary N) is 1. The number of carboxylic acids is 1. The third kappa shape index (κ3) is 5.09. The van der Waals surface area contributed by atoms with Crippen LogP contribution in [-0.2, 0) is 4.79 Å². The molecule has 2 aliphatic heterocycles. The van der Waals surface area contributed by atoms with Crippen LogP contribution in [0.5, 0.6) is 0 Å². The molecule has 2 saturated heterocycles. The molecule has 2 aromatic rings. The fourth-order valence-electron chi connectivity index (χ4n) is 6.02. The molecule has 1 aromatic heterocycles. The number of rotatable bonds is 7. The maximum Gasteiger partial charge on any atom is 0.309 e. The van der Waals surface area contributed by atoms with Gasteiger partial charge in [0.25, 0.3) is 0 Å². The third-order valence-electron chi connectivity index (χ3n) is 8.46. The molecule has 1 aromatic carbocycles. The molecule has 0 spiro atoms. The molecule has 9 heteroatoms. The highest BCUT2D eigenvalue weighted by atomic mass is 79.9. The van der Waals surface area contributed by atoms with Gasteiger partial charge in [-0.25, -0.2) is 4.98 Å². The number of carboxylic acid groups (broad SMARTS) is 1. The molecular weight excluding hydrogens is 542 g/mol. The SMILES string of the molecule is Cc1ccc([C@@H](C)Nc2nc(N3CC([C@H]4CCCN([C@H]5C[C@](C)(C(=O)O)C5)C4)C3)ncc2Br)c(Cl)c1. The quantitative estimate of drug-likeness (QED) is 0.433. The molecule has 194 valence electrons. The van der Waals surface area contributed by atoms with Crippen LogP contribution in [0.2, 0.25) is 5.02 Å². The van der Waals surface area contributed by atoms with Gasteiger partial charge in [0.15, 0.2) is 0 Å². The zero-order valence-electron chi connectivity index (χ0n) is 21.2. The van der Waals surface area contributed by atoms with Crippen LogP contribution in [0.4, 0.5) is 11.8 Å². The van der Waals surface area contributed by atoms with Gasteiger partial charge in [-0.3, -0.25) is 4.79 Å². The minimum atomic E-state index is -0.651. The van der Waals surface area contributed by atoms with E-state index in [1.165, 1.54) is 12.8 Å². The fraction of sp³-hybridized carbons (Fsp3) is 0.593. The highest BCUT2D eigenvalue weighted by Gasteiger charge is 2.49. The summed E-state index contributed by atoms with van der Waals surface area (Å²) in [6.45, 7) is 10.1. The normalized spacial score (nSPS) is 27.8. The van der Waals surface area contributed by atoms with Crippen LogP contribution >= 0.6 is 27.5 Å². The Morgan fingerprint density at radius 2 is 2.03 bits per heavy atom. The van der Waals surface area contributed by atoms with Crippen molar-refractivity contribution in [2.45, 2.75) is 58.5 Å². The van der Waals surface area contributed by atoms with E-state index >= 15 is 0 Å². The molecule has 2 atom stereocenters. The molecule has 0 bridgehead atoms. The number of anilines is 2. The van der Waals surface area contributed by atoms with Crippen molar-refractivity contribution >= 4 is 45.3 Å². The van der Waals surface area contributed by atoms with Gasteiger partial charge in [0.2, 0.25) is 5.95 Å². The van der Waals surface area contributed by atoms with Gasteiger partial charge < -0.3 is 20.2 Å². The Balaban J connectivity index is 1.17. The monoisotopic (exact) mass is 575 g/mol. The van der Waals surface area contributed by atoms with Gasteiger partial charge in [0.1, 0.15) is 5.82 Å². The average Bonchev–Trinajstić information content (AvgIpc) is 2.78. The maximum absolute atomic E-state index is 11.5. The number of hydrogen-bond donors (Lipinski definition) is 2. The molecule has 3 fully saturated rings. The Labute approximate surface area is 226 Å². The summed E-state index contributed by atoms with van der Waals surface area (Å²) >= 11 is 10.1. The van der Waals surface area contributed by atoms with E-state index in [9.17, 15) is 9.90 Å². The van der Waals surface area contributed by atoms with Crippen LogP contribution in [-0.4, -0.2) is 58.2 Å². The van der Waals surface area contributed by atoms with E-state index in [2.05, 4.69) is 55.1 Å². The van der Waals surface area contributed by atoms with Crippen LogP contribution < -0.4 is 10.2 Å². The number of piperidine rings is 1. The van der Waals surface area contributed by atoms with Crippen molar-refractivity contribution in [3.8, 4) is 0 Å². The number of nitrogens with zero attached hydrogens (tertiary/aromatic N) is 4. The molecule has 0 amide bonds. The lowest BCUT2D eigenvalue weighted by atomic mass is 9.65. The molecule has 5 rings (SSSR count). The summed E-state index contributed by atoms with van der Waals surface area (Å²) in [5, 5.41) is 13.7.